The van der Waals surface area contributed by atoms with E-state index in [1.54, 1.807) is 53.4 Å². The van der Waals surface area contributed by atoms with E-state index in [1.807, 2.05) is 18.2 Å². The van der Waals surface area contributed by atoms with E-state index in [-0.39, 0.29) is 40.1 Å². The van der Waals surface area contributed by atoms with Crippen LogP contribution in [0.3, 0.4) is 0 Å². The molecule has 5 rings (SSSR count). The van der Waals surface area contributed by atoms with Crippen molar-refractivity contribution >= 4 is 33.1 Å². The third-order valence-corrected chi connectivity index (χ3v) is 9.28. The number of amides is 2. The first-order valence-electron chi connectivity index (χ1n) is 14.3. The number of Topliss-reactive ketones (excluding diaryl/α,β-unsaturated/α-hetero) is 1. The van der Waals surface area contributed by atoms with Crippen molar-refractivity contribution < 1.29 is 22.8 Å². The Bertz CT molecular complexity index is 1630. The van der Waals surface area contributed by atoms with Crippen molar-refractivity contribution in [2.45, 2.75) is 36.6 Å². The number of ketones is 1. The van der Waals surface area contributed by atoms with Gasteiger partial charge in [-0.2, -0.15) is 5.26 Å². The summed E-state index contributed by atoms with van der Waals surface area (Å²) in [5.41, 5.74) is 2.66. The number of benzene rings is 2. The van der Waals surface area contributed by atoms with Gasteiger partial charge in [-0.3, -0.25) is 19.4 Å². The third kappa shape index (κ3) is 7.09. The largest absolute Gasteiger partial charge is 0.371 e. The summed E-state index contributed by atoms with van der Waals surface area (Å²) in [6, 6.07) is 18.7. The first-order valence-corrected chi connectivity index (χ1v) is 16.2. The number of aromatic nitrogens is 1. The van der Waals surface area contributed by atoms with Gasteiger partial charge in [0, 0.05) is 61.8 Å². The van der Waals surface area contributed by atoms with Gasteiger partial charge in [0.05, 0.1) is 22.1 Å². The van der Waals surface area contributed by atoms with Gasteiger partial charge in [0.2, 0.25) is 0 Å². The van der Waals surface area contributed by atoms with Crippen molar-refractivity contribution in [1.82, 2.24) is 15.2 Å². The van der Waals surface area contributed by atoms with E-state index >= 15 is 0 Å². The van der Waals surface area contributed by atoms with Gasteiger partial charge in [0.25, 0.3) is 11.8 Å². The highest BCUT2D eigenvalue weighted by molar-refractivity contribution is 7.90. The van der Waals surface area contributed by atoms with Gasteiger partial charge in [0.15, 0.2) is 15.6 Å². The molecule has 43 heavy (non-hydrogen) atoms. The molecule has 0 atom stereocenters. The summed E-state index contributed by atoms with van der Waals surface area (Å²) in [5.74, 6) is -0.625. The number of piperidine rings is 2. The summed E-state index contributed by atoms with van der Waals surface area (Å²) in [4.78, 5) is 47.2. The van der Waals surface area contributed by atoms with Crippen molar-refractivity contribution in [2.75, 3.05) is 37.3 Å². The third-order valence-electron chi connectivity index (χ3n) is 8.16. The van der Waals surface area contributed by atoms with Crippen LogP contribution in [-0.2, 0) is 9.84 Å². The molecule has 2 aliphatic heterocycles. The van der Waals surface area contributed by atoms with E-state index in [0.29, 0.717) is 42.6 Å². The van der Waals surface area contributed by atoms with Gasteiger partial charge in [-0.25, -0.2) is 8.42 Å². The van der Waals surface area contributed by atoms with Crippen LogP contribution in [0.25, 0.3) is 0 Å². The molecule has 222 valence electrons. The zero-order chi connectivity index (χ0) is 30.6. The summed E-state index contributed by atoms with van der Waals surface area (Å²) < 4.78 is 23.4. The normalized spacial score (nSPS) is 16.4. The first-order chi connectivity index (χ1) is 20.6. The number of anilines is 1. The predicted octanol–water partition coefficient (Wildman–Crippen LogP) is 3.49. The van der Waals surface area contributed by atoms with E-state index in [1.165, 1.54) is 12.5 Å². The topological polar surface area (TPSA) is 141 Å². The lowest BCUT2D eigenvalue weighted by Crippen LogP contribution is -2.44. The number of sulfone groups is 1. The van der Waals surface area contributed by atoms with E-state index in [0.717, 1.165) is 31.6 Å². The molecule has 2 saturated heterocycles. The Morgan fingerprint density at radius 2 is 1.49 bits per heavy atom. The summed E-state index contributed by atoms with van der Waals surface area (Å²) in [5, 5.41) is 12.0. The van der Waals surface area contributed by atoms with Crippen molar-refractivity contribution in [3.05, 3.63) is 89.2 Å². The molecule has 0 aliphatic carbocycles. The van der Waals surface area contributed by atoms with Crippen molar-refractivity contribution in [3.8, 4) is 6.07 Å². The minimum atomic E-state index is -3.24. The number of nitrogens with one attached hydrogen (secondary N) is 1. The second-order valence-electron chi connectivity index (χ2n) is 11.1. The number of rotatable bonds is 7. The van der Waals surface area contributed by atoms with Crippen LogP contribution in [0.15, 0.2) is 71.8 Å². The minimum Gasteiger partial charge on any atom is -0.371 e. The second kappa shape index (κ2) is 12.8. The number of carbonyl (C=O) groups excluding carboxylic acids is 3. The van der Waals surface area contributed by atoms with Gasteiger partial charge in [0.1, 0.15) is 5.69 Å². The molecule has 2 fully saturated rings. The maximum atomic E-state index is 13.0. The lowest BCUT2D eigenvalue weighted by molar-refractivity contribution is 0.0645. The molecule has 0 radical (unpaired) electrons. The van der Waals surface area contributed by atoms with Gasteiger partial charge in [-0.1, -0.05) is 12.1 Å². The zero-order valence-corrected chi connectivity index (χ0v) is 24.7. The lowest BCUT2D eigenvalue weighted by Gasteiger charge is -2.34. The molecule has 2 aromatic carbocycles. The summed E-state index contributed by atoms with van der Waals surface area (Å²) in [7, 11) is -3.24. The number of hydrogen-bond donors (Lipinski definition) is 1. The molecule has 2 amide bonds. The Morgan fingerprint density at radius 1 is 0.860 bits per heavy atom. The average Bonchev–Trinajstić information content (AvgIpc) is 3.04. The number of likely N-dealkylation sites (tertiary alicyclic amines) is 1. The number of carbonyl (C=O) groups is 3. The Morgan fingerprint density at radius 3 is 2.05 bits per heavy atom. The molecule has 11 heteroatoms. The molecule has 0 spiro atoms. The molecular formula is C32H33N5O5S. The van der Waals surface area contributed by atoms with E-state index in [4.69, 9.17) is 5.26 Å². The quantitative estimate of drug-likeness (QED) is 0.407. The summed E-state index contributed by atoms with van der Waals surface area (Å²) in [6.07, 6.45) is 5.20. The highest BCUT2D eigenvalue weighted by Gasteiger charge is 2.29. The van der Waals surface area contributed by atoms with Crippen molar-refractivity contribution in [1.29, 1.82) is 5.26 Å². The number of nitrogens with zero attached hydrogens (tertiary/aromatic N) is 4. The second-order valence-corrected chi connectivity index (χ2v) is 13.1. The molecule has 3 aromatic rings. The first kappa shape index (κ1) is 29.9. The van der Waals surface area contributed by atoms with E-state index < -0.39 is 9.84 Å². The van der Waals surface area contributed by atoms with E-state index in [2.05, 4.69) is 15.2 Å². The molecule has 0 unspecified atom stereocenters. The number of nitriles is 1. The Labute approximate surface area is 251 Å². The maximum Gasteiger partial charge on any atom is 0.272 e. The van der Waals surface area contributed by atoms with Gasteiger partial charge < -0.3 is 15.1 Å². The van der Waals surface area contributed by atoms with Crippen LogP contribution < -0.4 is 10.2 Å². The standard InChI is InChI=1S/C32H33N5O5S/c1-43(41,42)28-9-7-27(8-10-28)36-18-14-26(15-19-36)35-31(39)25-6-11-29(34-21-25)32(40)37-16-12-24(13-17-37)30(38)23-4-2-22(20-33)3-5-23/h2-11,21,24,26H,12-19H2,1H3,(H,35,39). The molecule has 3 heterocycles. The van der Waals surface area contributed by atoms with Gasteiger partial charge >= 0.3 is 0 Å². The molecule has 1 N–H and O–H groups in total. The number of pyridine rings is 1. The van der Waals surface area contributed by atoms with Crippen LogP contribution in [0.1, 0.15) is 62.5 Å². The molecule has 0 bridgehead atoms. The highest BCUT2D eigenvalue weighted by atomic mass is 32.2. The molecule has 2 aliphatic rings. The van der Waals surface area contributed by atoms with Crippen molar-refractivity contribution in [3.63, 3.8) is 0 Å². The summed E-state index contributed by atoms with van der Waals surface area (Å²) in [6.45, 7) is 2.33. The van der Waals surface area contributed by atoms with Crippen LogP contribution >= 0.6 is 0 Å². The van der Waals surface area contributed by atoms with Gasteiger partial charge in [-0.15, -0.1) is 0 Å². The molecule has 1 aromatic heterocycles. The fourth-order valence-electron chi connectivity index (χ4n) is 5.56. The zero-order valence-electron chi connectivity index (χ0n) is 23.9. The monoisotopic (exact) mass is 599 g/mol. The van der Waals surface area contributed by atoms with Crippen LogP contribution in [0, 0.1) is 17.2 Å². The van der Waals surface area contributed by atoms with Crippen LogP contribution in [-0.4, -0.2) is 74.4 Å². The van der Waals surface area contributed by atoms with Crippen LogP contribution in [0.4, 0.5) is 5.69 Å². The van der Waals surface area contributed by atoms with Crippen molar-refractivity contribution in [2.24, 2.45) is 5.92 Å². The summed E-state index contributed by atoms with van der Waals surface area (Å²) >= 11 is 0. The molecule has 10 nitrogen and oxygen atoms in total. The Kier molecular flexibility index (Phi) is 8.87. The van der Waals surface area contributed by atoms with Gasteiger partial charge in [-0.05, 0) is 74.2 Å². The predicted molar refractivity (Wildman–Crippen MR) is 161 cm³/mol. The fourth-order valence-corrected chi connectivity index (χ4v) is 6.19. The van der Waals surface area contributed by atoms with Crippen LogP contribution in [0.5, 0.6) is 0 Å². The molecule has 0 saturated carbocycles. The minimum absolute atomic E-state index is 0.00589. The average molecular weight is 600 g/mol. The van der Waals surface area contributed by atoms with Crippen LogP contribution in [0.2, 0.25) is 0 Å². The highest BCUT2D eigenvalue weighted by Crippen LogP contribution is 2.24. The maximum absolute atomic E-state index is 13.0. The Balaban J connectivity index is 1.09. The Hall–Kier alpha value is -4.56. The SMILES string of the molecule is CS(=O)(=O)c1ccc(N2CCC(NC(=O)c3ccc(C(=O)N4CCC(C(=O)c5ccc(C#N)cc5)CC4)nc3)CC2)cc1. The fraction of sp³-hybridized carbons (Fsp3) is 0.344. The smallest absolute Gasteiger partial charge is 0.272 e. The lowest BCUT2D eigenvalue weighted by atomic mass is 9.88. The number of hydrogen-bond acceptors (Lipinski definition) is 8. The molecular weight excluding hydrogens is 566 g/mol. The van der Waals surface area contributed by atoms with E-state index in [9.17, 15) is 22.8 Å².